The molecular weight excluding hydrogens is 375 g/mol. The Morgan fingerprint density at radius 2 is 1.84 bits per heavy atom. The van der Waals surface area contributed by atoms with Crippen molar-refractivity contribution in [3.63, 3.8) is 0 Å². The fraction of sp³-hybridized carbons (Fsp3) is 0.200. The summed E-state index contributed by atoms with van der Waals surface area (Å²) in [5, 5.41) is 0. The molecule has 0 fully saturated rings. The van der Waals surface area contributed by atoms with Gasteiger partial charge in [0.05, 0.1) is 11.9 Å². The smallest absolute Gasteiger partial charge is 0.127 e. The maximum absolute atomic E-state index is 13.9. The Balaban J connectivity index is 2.52. The number of hydrogen-bond donors (Lipinski definition) is 0. The van der Waals surface area contributed by atoms with Crippen molar-refractivity contribution in [1.82, 2.24) is 0 Å². The number of aryl methyl sites for hydroxylation is 1. The van der Waals surface area contributed by atoms with E-state index < -0.39 is 0 Å². The highest BCUT2D eigenvalue weighted by Gasteiger charge is 2.19. The number of ether oxygens (including phenoxy) is 1. The average molecular weight is 388 g/mol. The summed E-state index contributed by atoms with van der Waals surface area (Å²) in [6.07, 6.45) is 0. The highest BCUT2D eigenvalue weighted by atomic mass is 79.9. The van der Waals surface area contributed by atoms with Crippen LogP contribution in [0.2, 0.25) is 0 Å². The largest absolute Gasteiger partial charge is 0.496 e. The van der Waals surface area contributed by atoms with Crippen molar-refractivity contribution in [1.29, 1.82) is 0 Å². The summed E-state index contributed by atoms with van der Waals surface area (Å²) in [7, 11) is 1.62. The van der Waals surface area contributed by atoms with Gasteiger partial charge in [-0.25, -0.2) is 4.39 Å². The number of hydrogen-bond acceptors (Lipinski definition) is 1. The monoisotopic (exact) mass is 386 g/mol. The Bertz CT molecular complexity index is 599. The number of halogens is 3. The quantitative estimate of drug-likeness (QED) is 0.641. The van der Waals surface area contributed by atoms with E-state index in [-0.39, 0.29) is 10.6 Å². The highest BCUT2D eigenvalue weighted by molar-refractivity contribution is 9.10. The van der Waals surface area contributed by atoms with Crippen molar-refractivity contribution in [2.75, 3.05) is 7.11 Å². The SMILES string of the molecule is COc1cc(C)c(Br)cc1C(Br)c1ccccc1F. The van der Waals surface area contributed by atoms with Crippen LogP contribution in [0, 0.1) is 12.7 Å². The minimum atomic E-state index is -0.249. The average Bonchev–Trinajstić information content (AvgIpc) is 2.41. The second-order valence-electron chi connectivity index (χ2n) is 4.23. The zero-order valence-electron chi connectivity index (χ0n) is 10.6. The van der Waals surface area contributed by atoms with E-state index in [2.05, 4.69) is 31.9 Å². The van der Waals surface area contributed by atoms with Gasteiger partial charge in [-0.1, -0.05) is 50.1 Å². The molecule has 0 radical (unpaired) electrons. The first-order valence-corrected chi connectivity index (χ1v) is 7.48. The minimum absolute atomic E-state index is 0.233. The van der Waals surface area contributed by atoms with Crippen molar-refractivity contribution >= 4 is 31.9 Å². The fourth-order valence-corrected chi connectivity index (χ4v) is 2.98. The summed E-state index contributed by atoms with van der Waals surface area (Å²) in [4.78, 5) is -0.249. The molecule has 0 bridgehead atoms. The number of benzene rings is 2. The van der Waals surface area contributed by atoms with Crippen molar-refractivity contribution in [2.24, 2.45) is 0 Å². The van der Waals surface area contributed by atoms with E-state index in [1.807, 2.05) is 25.1 Å². The molecule has 100 valence electrons. The van der Waals surface area contributed by atoms with Crippen LogP contribution in [-0.4, -0.2) is 7.11 Å². The molecule has 0 spiro atoms. The van der Waals surface area contributed by atoms with Crippen LogP contribution in [0.25, 0.3) is 0 Å². The van der Waals surface area contributed by atoms with Crippen LogP contribution in [0.5, 0.6) is 5.75 Å². The molecule has 0 aromatic heterocycles. The van der Waals surface area contributed by atoms with Gasteiger partial charge >= 0.3 is 0 Å². The van der Waals surface area contributed by atoms with Gasteiger partial charge in [-0.3, -0.25) is 0 Å². The Kier molecular flexibility index (Phi) is 4.63. The highest BCUT2D eigenvalue weighted by Crippen LogP contribution is 2.40. The van der Waals surface area contributed by atoms with Crippen molar-refractivity contribution in [3.8, 4) is 5.75 Å². The molecule has 2 rings (SSSR count). The van der Waals surface area contributed by atoms with Gasteiger partial charge in [0, 0.05) is 15.6 Å². The molecule has 2 aromatic rings. The minimum Gasteiger partial charge on any atom is -0.496 e. The summed E-state index contributed by atoms with van der Waals surface area (Å²) < 4.78 is 20.2. The third-order valence-corrected chi connectivity index (χ3v) is 4.80. The second-order valence-corrected chi connectivity index (χ2v) is 6.00. The summed E-state index contributed by atoms with van der Waals surface area (Å²) in [5.41, 5.74) is 2.57. The van der Waals surface area contributed by atoms with Gasteiger partial charge in [-0.2, -0.15) is 0 Å². The third-order valence-electron chi connectivity index (χ3n) is 2.96. The van der Waals surface area contributed by atoms with Gasteiger partial charge in [0.1, 0.15) is 11.6 Å². The van der Waals surface area contributed by atoms with Crippen molar-refractivity contribution in [3.05, 3.63) is 63.4 Å². The second kappa shape index (κ2) is 6.06. The maximum atomic E-state index is 13.9. The van der Waals surface area contributed by atoms with E-state index in [4.69, 9.17) is 4.74 Å². The molecule has 0 aliphatic heterocycles. The molecule has 1 unspecified atom stereocenters. The lowest BCUT2D eigenvalue weighted by Gasteiger charge is -2.17. The van der Waals surface area contributed by atoms with Gasteiger partial charge in [-0.15, -0.1) is 0 Å². The van der Waals surface area contributed by atoms with E-state index in [0.29, 0.717) is 5.56 Å². The van der Waals surface area contributed by atoms with Gasteiger partial charge < -0.3 is 4.74 Å². The first-order valence-electron chi connectivity index (χ1n) is 5.77. The van der Waals surface area contributed by atoms with Crippen molar-refractivity contribution < 1.29 is 9.13 Å². The van der Waals surface area contributed by atoms with Gasteiger partial charge in [-0.05, 0) is 30.7 Å². The Labute approximate surface area is 129 Å². The van der Waals surface area contributed by atoms with Gasteiger partial charge in [0.15, 0.2) is 0 Å². The number of alkyl halides is 1. The predicted octanol–water partition coefficient (Wildman–Crippen LogP) is 5.39. The molecule has 19 heavy (non-hydrogen) atoms. The van der Waals surface area contributed by atoms with Gasteiger partial charge in [0.25, 0.3) is 0 Å². The van der Waals surface area contributed by atoms with Crippen LogP contribution in [0.4, 0.5) is 4.39 Å². The normalized spacial score (nSPS) is 12.3. The predicted molar refractivity (Wildman–Crippen MR) is 82.6 cm³/mol. The molecule has 0 N–H and O–H groups in total. The zero-order chi connectivity index (χ0) is 14.0. The van der Waals surface area contributed by atoms with Crippen LogP contribution < -0.4 is 4.74 Å². The fourth-order valence-electron chi connectivity index (χ4n) is 1.89. The standard InChI is InChI=1S/C15H13Br2FO/c1-9-7-14(19-2)11(8-12(9)16)15(17)10-5-3-4-6-13(10)18/h3-8,15H,1-2H3. The molecule has 1 atom stereocenters. The zero-order valence-corrected chi connectivity index (χ0v) is 13.8. The Hall–Kier alpha value is -0.870. The lowest BCUT2D eigenvalue weighted by Crippen LogP contribution is -2.00. The number of methoxy groups -OCH3 is 1. The summed E-state index contributed by atoms with van der Waals surface area (Å²) in [5.74, 6) is 0.508. The van der Waals surface area contributed by atoms with E-state index in [1.54, 1.807) is 19.2 Å². The van der Waals surface area contributed by atoms with Crippen molar-refractivity contribution in [2.45, 2.75) is 11.8 Å². The molecule has 0 saturated heterocycles. The molecule has 0 aliphatic rings. The van der Waals surface area contributed by atoms with E-state index in [9.17, 15) is 4.39 Å². The summed E-state index contributed by atoms with van der Waals surface area (Å²) in [6.45, 7) is 1.99. The van der Waals surface area contributed by atoms with E-state index in [1.165, 1.54) is 6.07 Å². The molecule has 0 amide bonds. The first-order chi connectivity index (χ1) is 9.04. The van der Waals surface area contributed by atoms with Crippen LogP contribution in [0.3, 0.4) is 0 Å². The lowest BCUT2D eigenvalue weighted by molar-refractivity contribution is 0.410. The lowest BCUT2D eigenvalue weighted by atomic mass is 10.0. The van der Waals surface area contributed by atoms with E-state index in [0.717, 1.165) is 21.3 Å². The van der Waals surface area contributed by atoms with Crippen LogP contribution in [0.1, 0.15) is 21.5 Å². The van der Waals surface area contributed by atoms with Crippen LogP contribution >= 0.6 is 31.9 Å². The Morgan fingerprint density at radius 1 is 1.16 bits per heavy atom. The summed E-state index contributed by atoms with van der Waals surface area (Å²) >= 11 is 7.05. The molecule has 1 nitrogen and oxygen atoms in total. The third kappa shape index (κ3) is 3.00. The molecule has 0 heterocycles. The number of rotatable bonds is 3. The molecular formula is C15H13Br2FO. The molecule has 4 heteroatoms. The van der Waals surface area contributed by atoms with E-state index >= 15 is 0 Å². The topological polar surface area (TPSA) is 9.23 Å². The maximum Gasteiger partial charge on any atom is 0.127 e. The molecule has 0 saturated carbocycles. The Morgan fingerprint density at radius 3 is 2.47 bits per heavy atom. The van der Waals surface area contributed by atoms with Crippen LogP contribution in [-0.2, 0) is 0 Å². The van der Waals surface area contributed by atoms with Gasteiger partial charge in [0.2, 0.25) is 0 Å². The molecule has 2 aromatic carbocycles. The van der Waals surface area contributed by atoms with Crippen LogP contribution in [0.15, 0.2) is 40.9 Å². The first kappa shape index (κ1) is 14.5. The molecule has 0 aliphatic carbocycles. The summed E-state index contributed by atoms with van der Waals surface area (Å²) in [6, 6.07) is 10.6.